The van der Waals surface area contributed by atoms with E-state index in [9.17, 15) is 0 Å². The Bertz CT molecular complexity index is 8.04. The normalized spacial score (nSPS) is 0.429. The zero-order chi connectivity index (χ0) is 2.00. The fourth-order valence-corrected chi connectivity index (χ4v) is 0. The summed E-state index contributed by atoms with van der Waals surface area (Å²) < 4.78 is 7.75. The Morgan fingerprint density at radius 3 is 0.571 bits per heavy atom. The monoisotopic (exact) mass is 472 g/mol. The molecule has 0 saturated heterocycles. The molecule has 0 aromatic heterocycles. The summed E-state index contributed by atoms with van der Waals surface area (Å²) in [5.41, 5.74) is 0. The van der Waals surface area contributed by atoms with Gasteiger partial charge in [0.15, 0.2) is 0 Å². The van der Waals surface area contributed by atoms with E-state index in [1.165, 1.54) is 0 Å². The van der Waals surface area contributed by atoms with Crippen LogP contribution >= 0.6 is 0 Å². The molecule has 0 fully saturated rings. The second kappa shape index (κ2) is 42.3. The van der Waals surface area contributed by atoms with E-state index in [-0.39, 0.29) is 164 Å². The summed E-state index contributed by atoms with van der Waals surface area (Å²) in [6.45, 7) is 0. The summed E-state index contributed by atoms with van der Waals surface area (Å²) in [5.74, 6) is 0. The van der Waals surface area contributed by atoms with Crippen LogP contribution in [0.25, 0.3) is 0 Å². The second-order valence-electron chi connectivity index (χ2n) is 0. The first-order valence-electron chi connectivity index (χ1n) is 0.236. The molecule has 7 heavy (non-hydrogen) atoms. The fourth-order valence-electron chi connectivity index (χ4n) is 0. The van der Waals surface area contributed by atoms with Gasteiger partial charge in [-0.05, 0) is 0 Å². The third kappa shape index (κ3) is 34.6. The van der Waals surface area contributed by atoms with Crippen molar-refractivity contribution in [3.8, 4) is 0 Å². The van der Waals surface area contributed by atoms with Crippen LogP contribution in [0.15, 0.2) is 0 Å². The summed E-state index contributed by atoms with van der Waals surface area (Å²) in [6.07, 6.45) is 0. The van der Waals surface area contributed by atoms with Gasteiger partial charge in [-0.25, -0.2) is 0 Å². The van der Waals surface area contributed by atoms with E-state index in [0.29, 0.717) is 0 Å². The SMILES string of the molecule is [B]=O.[Y].[Y].[Y].[Y].[Y]. The molecule has 7 heteroatoms. The van der Waals surface area contributed by atoms with Gasteiger partial charge >= 0.3 is 12.4 Å². The van der Waals surface area contributed by atoms with Gasteiger partial charge in [-0.3, -0.25) is 0 Å². The fraction of sp³-hybridized carbons (Fsp3) is 0. The first kappa shape index (κ1) is 39.4. The largest absolute Gasteiger partial charge is 0 e. The molecule has 0 spiro atoms. The summed E-state index contributed by atoms with van der Waals surface area (Å²) in [4.78, 5) is 0. The van der Waals surface area contributed by atoms with Gasteiger partial charge in [-0.2, -0.15) is 0 Å². The van der Waals surface area contributed by atoms with Gasteiger partial charge < -0.3 is 0 Å². The first-order chi connectivity index (χ1) is 1.00. The molecule has 0 amide bonds. The molecular weight excluding hydrogens is 471 g/mol. The maximum absolute atomic E-state index is 7.75. The van der Waals surface area contributed by atoms with E-state index in [0.717, 1.165) is 0 Å². The zero-order valence-electron chi connectivity index (χ0n) is 3.87. The Labute approximate surface area is 171 Å². The smallest absolute Gasteiger partial charge is 0 e. The molecule has 6 radical (unpaired) electrons. The van der Waals surface area contributed by atoms with Crippen molar-refractivity contribution in [2.75, 3.05) is 0 Å². The third-order valence-electron chi connectivity index (χ3n) is 0. The van der Waals surface area contributed by atoms with Crippen LogP contribution in [-0.2, 0) is 168 Å². The van der Waals surface area contributed by atoms with Crippen molar-refractivity contribution < 1.29 is 168 Å². The Balaban J connectivity index is -0.000000000500. The first-order valence-corrected chi connectivity index (χ1v) is 0.236. The Morgan fingerprint density at radius 1 is 0.571 bits per heavy atom. The molecule has 0 unspecified atom stereocenters. The number of hydrogen-bond acceptors (Lipinski definition) is 1. The molecule has 0 aliphatic heterocycles. The van der Waals surface area contributed by atoms with Gasteiger partial charge in [0, 0.05) is 164 Å². The van der Waals surface area contributed by atoms with E-state index in [1.807, 2.05) is 0 Å². The molecule has 0 saturated carbocycles. The summed E-state index contributed by atoms with van der Waals surface area (Å²) >= 11 is 0. The quantitative estimate of drug-likeness (QED) is 0.436. The van der Waals surface area contributed by atoms with E-state index in [2.05, 4.69) is 7.72 Å². The second-order valence-corrected chi connectivity index (χ2v) is 0. The zero-order valence-corrected chi connectivity index (χ0v) is 18.1. The Kier molecular flexibility index (Phi) is 238. The van der Waals surface area contributed by atoms with Gasteiger partial charge in [-0.15, -0.1) is 0 Å². The molecule has 24 valence electrons. The minimum atomic E-state index is 0. The molecule has 0 aliphatic rings. The Hall–Kier alpha value is 5.38. The average Bonchev–Trinajstić information content (AvgIpc) is 1.00. The van der Waals surface area contributed by atoms with Crippen LogP contribution in [0.5, 0.6) is 0 Å². The molecule has 0 bridgehead atoms. The summed E-state index contributed by atoms with van der Waals surface area (Å²) in [6, 6.07) is 0. The van der Waals surface area contributed by atoms with Crippen LogP contribution in [-0.4, -0.2) is 7.72 Å². The van der Waals surface area contributed by atoms with Crippen molar-refractivity contribution in [3.05, 3.63) is 0 Å². The van der Waals surface area contributed by atoms with Crippen molar-refractivity contribution in [1.82, 2.24) is 0 Å². The predicted molar refractivity (Wildman–Crippen MR) is 6.44 cm³/mol. The standard InChI is InChI=1S/BO.5Y/c1-2;;;;;. The molecule has 0 aromatic rings. The molecule has 0 N–H and O–H groups in total. The van der Waals surface area contributed by atoms with E-state index in [1.54, 1.807) is 0 Å². The van der Waals surface area contributed by atoms with Gasteiger partial charge in [0.2, 0.25) is 0 Å². The van der Waals surface area contributed by atoms with E-state index in [4.69, 9.17) is 4.70 Å². The van der Waals surface area contributed by atoms with Crippen LogP contribution in [0, 0.1) is 0 Å². The molecular formula is BOY5. The van der Waals surface area contributed by atoms with Gasteiger partial charge in [-0.1, -0.05) is 0 Å². The maximum atomic E-state index is 7.75. The van der Waals surface area contributed by atoms with Gasteiger partial charge in [0.1, 0.15) is 0 Å². The average molecular weight is 471 g/mol. The van der Waals surface area contributed by atoms with Crippen molar-refractivity contribution >= 4 is 7.72 Å². The molecule has 0 atom stereocenters. The summed E-state index contributed by atoms with van der Waals surface area (Å²) in [7, 11) is 3.25. The number of hydrogen-bond donors (Lipinski definition) is 0. The van der Waals surface area contributed by atoms with Crippen molar-refractivity contribution in [3.63, 3.8) is 0 Å². The van der Waals surface area contributed by atoms with Gasteiger partial charge in [0.25, 0.3) is 0 Å². The van der Waals surface area contributed by atoms with E-state index >= 15 is 0 Å². The minimum absolute atomic E-state index is 0. The van der Waals surface area contributed by atoms with Crippen molar-refractivity contribution in [1.29, 1.82) is 0 Å². The van der Waals surface area contributed by atoms with Crippen molar-refractivity contribution in [2.45, 2.75) is 0 Å². The van der Waals surface area contributed by atoms with Crippen LogP contribution in [0.3, 0.4) is 0 Å². The molecule has 1 nitrogen and oxygen atoms in total. The maximum Gasteiger partial charge on any atom is 0 e. The van der Waals surface area contributed by atoms with Crippen LogP contribution in [0.1, 0.15) is 0 Å². The number of rotatable bonds is 0. The predicted octanol–water partition coefficient (Wildman–Crippen LogP) is -0.512. The van der Waals surface area contributed by atoms with E-state index < -0.39 is 0 Å². The van der Waals surface area contributed by atoms with Crippen LogP contribution in [0.2, 0.25) is 0 Å². The van der Waals surface area contributed by atoms with Crippen LogP contribution in [0.4, 0.5) is 0 Å². The Morgan fingerprint density at radius 2 is 0.571 bits per heavy atom. The minimum Gasteiger partial charge on any atom is 0 e. The molecule has 0 aromatic carbocycles. The van der Waals surface area contributed by atoms with Crippen LogP contribution < -0.4 is 0 Å². The molecule has 0 heterocycles. The third-order valence-corrected chi connectivity index (χ3v) is 0. The molecule has 0 rings (SSSR count). The van der Waals surface area contributed by atoms with Gasteiger partial charge in [0.05, 0.1) is 0 Å². The topological polar surface area (TPSA) is 17.1 Å². The molecule has 0 aliphatic carbocycles. The van der Waals surface area contributed by atoms with Crippen molar-refractivity contribution in [2.24, 2.45) is 0 Å². The summed E-state index contributed by atoms with van der Waals surface area (Å²) in [5, 5.41) is 0.